The zero-order valence-electron chi connectivity index (χ0n) is 11.1. The standard InChI is InChI=1S/C15H13IO4/c1-18-13-6-10(7-14(9-13)19-2)15(17)20-12-5-3-4-11(16)8-12/h3-9H,1-2H3. The summed E-state index contributed by atoms with van der Waals surface area (Å²) in [5.74, 6) is 1.13. The quantitative estimate of drug-likeness (QED) is 0.460. The second-order valence-corrected chi connectivity index (χ2v) is 5.19. The molecular weight excluding hydrogens is 371 g/mol. The molecule has 20 heavy (non-hydrogen) atoms. The van der Waals surface area contributed by atoms with E-state index in [-0.39, 0.29) is 0 Å². The number of hydrogen-bond acceptors (Lipinski definition) is 4. The van der Waals surface area contributed by atoms with Gasteiger partial charge < -0.3 is 14.2 Å². The van der Waals surface area contributed by atoms with E-state index in [1.807, 2.05) is 12.1 Å². The summed E-state index contributed by atoms with van der Waals surface area (Å²) in [5, 5.41) is 0. The topological polar surface area (TPSA) is 44.8 Å². The summed E-state index contributed by atoms with van der Waals surface area (Å²) in [6.07, 6.45) is 0. The van der Waals surface area contributed by atoms with Gasteiger partial charge in [0.2, 0.25) is 0 Å². The van der Waals surface area contributed by atoms with Crippen LogP contribution >= 0.6 is 22.6 Å². The van der Waals surface area contributed by atoms with Gasteiger partial charge in [-0.3, -0.25) is 0 Å². The molecule has 2 aromatic rings. The highest BCUT2D eigenvalue weighted by atomic mass is 127. The van der Waals surface area contributed by atoms with Crippen LogP contribution in [0.3, 0.4) is 0 Å². The molecule has 0 unspecified atom stereocenters. The van der Waals surface area contributed by atoms with Gasteiger partial charge in [0.15, 0.2) is 0 Å². The number of carbonyl (C=O) groups excluding carboxylic acids is 1. The molecule has 0 N–H and O–H groups in total. The fraction of sp³-hybridized carbons (Fsp3) is 0.133. The molecule has 0 aliphatic heterocycles. The molecule has 0 aliphatic carbocycles. The number of rotatable bonds is 4. The molecule has 0 saturated heterocycles. The molecule has 0 heterocycles. The summed E-state index contributed by atoms with van der Waals surface area (Å²) >= 11 is 2.16. The lowest BCUT2D eigenvalue weighted by molar-refractivity contribution is 0.0734. The van der Waals surface area contributed by atoms with Gasteiger partial charge in [0.1, 0.15) is 17.2 Å². The van der Waals surface area contributed by atoms with Gasteiger partial charge in [0, 0.05) is 9.64 Å². The van der Waals surface area contributed by atoms with E-state index in [1.165, 1.54) is 14.2 Å². The average molecular weight is 384 g/mol. The van der Waals surface area contributed by atoms with Gasteiger partial charge in [-0.15, -0.1) is 0 Å². The highest BCUT2D eigenvalue weighted by Crippen LogP contribution is 2.24. The lowest BCUT2D eigenvalue weighted by Gasteiger charge is -2.08. The Hall–Kier alpha value is -1.76. The molecule has 5 heteroatoms. The lowest BCUT2D eigenvalue weighted by Crippen LogP contribution is -2.09. The fourth-order valence-corrected chi connectivity index (χ4v) is 2.14. The van der Waals surface area contributed by atoms with Gasteiger partial charge in [0.05, 0.1) is 19.8 Å². The predicted octanol–water partition coefficient (Wildman–Crippen LogP) is 3.53. The van der Waals surface area contributed by atoms with Crippen LogP contribution in [0, 0.1) is 3.57 Å². The molecular formula is C15H13IO4. The Kier molecular flexibility index (Phi) is 4.84. The maximum atomic E-state index is 12.1. The van der Waals surface area contributed by atoms with Crippen LogP contribution in [0.15, 0.2) is 42.5 Å². The average Bonchev–Trinajstić information content (AvgIpc) is 2.46. The normalized spacial score (nSPS) is 9.95. The molecule has 2 aromatic carbocycles. The van der Waals surface area contributed by atoms with Gasteiger partial charge in [-0.2, -0.15) is 0 Å². The molecule has 0 bridgehead atoms. The first-order chi connectivity index (χ1) is 9.62. The molecule has 104 valence electrons. The van der Waals surface area contributed by atoms with Gasteiger partial charge in [-0.25, -0.2) is 4.79 Å². The van der Waals surface area contributed by atoms with Crippen molar-refractivity contribution in [1.29, 1.82) is 0 Å². The van der Waals surface area contributed by atoms with Crippen molar-refractivity contribution in [3.8, 4) is 17.2 Å². The van der Waals surface area contributed by atoms with E-state index >= 15 is 0 Å². The second kappa shape index (κ2) is 6.60. The van der Waals surface area contributed by atoms with Crippen molar-refractivity contribution in [2.45, 2.75) is 0 Å². The van der Waals surface area contributed by atoms with Crippen LogP contribution in [0.4, 0.5) is 0 Å². The molecule has 0 atom stereocenters. The monoisotopic (exact) mass is 384 g/mol. The summed E-state index contributed by atoms with van der Waals surface area (Å²) in [6.45, 7) is 0. The van der Waals surface area contributed by atoms with Crippen LogP contribution in [0.1, 0.15) is 10.4 Å². The molecule has 0 fully saturated rings. The number of halogens is 1. The van der Waals surface area contributed by atoms with Crippen molar-refractivity contribution in [2.24, 2.45) is 0 Å². The lowest BCUT2D eigenvalue weighted by atomic mass is 10.2. The first-order valence-electron chi connectivity index (χ1n) is 5.83. The molecule has 4 nitrogen and oxygen atoms in total. The van der Waals surface area contributed by atoms with Gasteiger partial charge >= 0.3 is 5.97 Å². The number of hydrogen-bond donors (Lipinski definition) is 0. The Morgan fingerprint density at radius 1 is 0.950 bits per heavy atom. The summed E-state index contributed by atoms with van der Waals surface area (Å²) in [7, 11) is 3.06. The van der Waals surface area contributed by atoms with E-state index in [1.54, 1.807) is 30.3 Å². The van der Waals surface area contributed by atoms with Crippen LogP contribution < -0.4 is 14.2 Å². The molecule has 2 rings (SSSR count). The first kappa shape index (κ1) is 14.6. The Bertz CT molecular complexity index is 603. The van der Waals surface area contributed by atoms with Crippen molar-refractivity contribution in [3.05, 3.63) is 51.6 Å². The highest BCUT2D eigenvalue weighted by Gasteiger charge is 2.12. The predicted molar refractivity (Wildman–Crippen MR) is 83.7 cm³/mol. The zero-order chi connectivity index (χ0) is 14.5. The van der Waals surface area contributed by atoms with E-state index in [4.69, 9.17) is 14.2 Å². The van der Waals surface area contributed by atoms with Crippen LogP contribution in [0.5, 0.6) is 17.2 Å². The maximum Gasteiger partial charge on any atom is 0.343 e. The Labute approximate surface area is 130 Å². The van der Waals surface area contributed by atoms with Gasteiger partial charge in [-0.1, -0.05) is 6.07 Å². The SMILES string of the molecule is COc1cc(OC)cc(C(=O)Oc2cccc(I)c2)c1. The van der Waals surface area contributed by atoms with E-state index < -0.39 is 5.97 Å². The molecule has 0 amide bonds. The van der Waals surface area contributed by atoms with Crippen LogP contribution in [0.25, 0.3) is 0 Å². The summed E-state index contributed by atoms with van der Waals surface area (Å²) < 4.78 is 16.6. The molecule has 0 saturated carbocycles. The Morgan fingerprint density at radius 3 is 2.15 bits per heavy atom. The van der Waals surface area contributed by atoms with E-state index in [0.717, 1.165) is 3.57 Å². The number of benzene rings is 2. The van der Waals surface area contributed by atoms with Gasteiger partial charge in [0.25, 0.3) is 0 Å². The highest BCUT2D eigenvalue weighted by molar-refractivity contribution is 14.1. The fourth-order valence-electron chi connectivity index (χ4n) is 1.62. The third-order valence-corrected chi connectivity index (χ3v) is 3.26. The van der Waals surface area contributed by atoms with Crippen LogP contribution in [0.2, 0.25) is 0 Å². The number of carbonyl (C=O) groups is 1. The van der Waals surface area contributed by atoms with Crippen LogP contribution in [-0.2, 0) is 0 Å². The Morgan fingerprint density at radius 2 is 1.60 bits per heavy atom. The summed E-state index contributed by atoms with van der Waals surface area (Å²) in [6, 6.07) is 12.2. The van der Waals surface area contributed by atoms with Crippen molar-refractivity contribution in [3.63, 3.8) is 0 Å². The number of esters is 1. The summed E-state index contributed by atoms with van der Waals surface area (Å²) in [5.41, 5.74) is 0.375. The number of ether oxygens (including phenoxy) is 3. The molecule has 0 aromatic heterocycles. The third-order valence-electron chi connectivity index (χ3n) is 2.59. The van der Waals surface area contributed by atoms with Crippen molar-refractivity contribution < 1.29 is 19.0 Å². The van der Waals surface area contributed by atoms with Crippen molar-refractivity contribution in [1.82, 2.24) is 0 Å². The number of methoxy groups -OCH3 is 2. The minimum atomic E-state index is -0.454. The minimum absolute atomic E-state index is 0.375. The third kappa shape index (κ3) is 3.63. The van der Waals surface area contributed by atoms with Crippen molar-refractivity contribution in [2.75, 3.05) is 14.2 Å². The molecule has 0 spiro atoms. The second-order valence-electron chi connectivity index (χ2n) is 3.95. The van der Waals surface area contributed by atoms with E-state index in [2.05, 4.69) is 22.6 Å². The zero-order valence-corrected chi connectivity index (χ0v) is 13.2. The van der Waals surface area contributed by atoms with Crippen LogP contribution in [-0.4, -0.2) is 20.2 Å². The van der Waals surface area contributed by atoms with Gasteiger partial charge in [-0.05, 0) is 52.9 Å². The van der Waals surface area contributed by atoms with E-state index in [9.17, 15) is 4.79 Å². The smallest absolute Gasteiger partial charge is 0.343 e. The van der Waals surface area contributed by atoms with Crippen molar-refractivity contribution >= 4 is 28.6 Å². The maximum absolute atomic E-state index is 12.1. The Balaban J connectivity index is 2.24. The largest absolute Gasteiger partial charge is 0.497 e. The summed E-state index contributed by atoms with van der Waals surface area (Å²) in [4.78, 5) is 12.1. The first-order valence-corrected chi connectivity index (χ1v) is 6.91. The molecule has 0 aliphatic rings. The molecule has 0 radical (unpaired) electrons. The van der Waals surface area contributed by atoms with E-state index in [0.29, 0.717) is 22.8 Å². The minimum Gasteiger partial charge on any atom is -0.497 e.